The Morgan fingerprint density at radius 2 is 1.56 bits per heavy atom. The molecule has 1 N–H and O–H groups in total. The van der Waals surface area contributed by atoms with Crippen molar-refractivity contribution in [2.45, 2.75) is 13.5 Å². The summed E-state index contributed by atoms with van der Waals surface area (Å²) in [6.45, 7) is 2.16. The zero-order chi connectivity index (χ0) is 22.7. The third-order valence-corrected chi connectivity index (χ3v) is 5.31. The predicted molar refractivity (Wildman–Crippen MR) is 123 cm³/mol. The first-order valence-corrected chi connectivity index (χ1v) is 10.2. The van der Waals surface area contributed by atoms with Crippen molar-refractivity contribution in [1.82, 2.24) is 4.90 Å². The molecule has 0 spiro atoms. The van der Waals surface area contributed by atoms with E-state index in [1.165, 1.54) is 12.0 Å². The van der Waals surface area contributed by atoms with Gasteiger partial charge in [-0.2, -0.15) is 0 Å². The van der Waals surface area contributed by atoms with Crippen molar-refractivity contribution in [3.8, 4) is 11.5 Å². The maximum absolute atomic E-state index is 13.5. The second-order valence-corrected chi connectivity index (χ2v) is 7.50. The molecule has 0 bridgehead atoms. The third-order valence-electron chi connectivity index (χ3n) is 5.31. The molecule has 0 saturated heterocycles. The van der Waals surface area contributed by atoms with Gasteiger partial charge in [0.1, 0.15) is 5.70 Å². The fourth-order valence-corrected chi connectivity index (χ4v) is 3.73. The van der Waals surface area contributed by atoms with Crippen LogP contribution in [0, 0.1) is 6.92 Å². The molecule has 0 radical (unpaired) electrons. The Hall–Kier alpha value is -4.06. The van der Waals surface area contributed by atoms with Crippen LogP contribution >= 0.6 is 0 Å². The number of imide groups is 1. The minimum absolute atomic E-state index is 0.189. The summed E-state index contributed by atoms with van der Waals surface area (Å²) in [5, 5.41) is 3.19. The number of carbonyl (C=O) groups is 2. The molecule has 1 aliphatic heterocycles. The van der Waals surface area contributed by atoms with Gasteiger partial charge < -0.3 is 14.8 Å². The molecule has 6 nitrogen and oxygen atoms in total. The number of aryl methyl sites for hydroxylation is 1. The number of hydrogen-bond donors (Lipinski definition) is 1. The fraction of sp³-hybridized carbons (Fsp3) is 0.154. The summed E-state index contributed by atoms with van der Waals surface area (Å²) in [6.07, 6.45) is 0. The Morgan fingerprint density at radius 1 is 0.812 bits per heavy atom. The van der Waals surface area contributed by atoms with E-state index in [0.717, 1.165) is 16.8 Å². The number of benzene rings is 3. The lowest BCUT2D eigenvalue weighted by molar-refractivity contribution is -0.137. The molecule has 0 aromatic heterocycles. The lowest BCUT2D eigenvalue weighted by Gasteiger charge is -2.15. The van der Waals surface area contributed by atoms with Gasteiger partial charge in [-0.15, -0.1) is 0 Å². The Balaban J connectivity index is 1.79. The van der Waals surface area contributed by atoms with Crippen LogP contribution in [0.1, 0.15) is 16.7 Å². The van der Waals surface area contributed by atoms with E-state index in [-0.39, 0.29) is 24.1 Å². The van der Waals surface area contributed by atoms with Crippen molar-refractivity contribution in [3.05, 3.63) is 95.2 Å². The Bertz CT molecular complexity index is 1200. The van der Waals surface area contributed by atoms with E-state index in [9.17, 15) is 9.59 Å². The van der Waals surface area contributed by atoms with Crippen LogP contribution in [0.2, 0.25) is 0 Å². The van der Waals surface area contributed by atoms with Crippen molar-refractivity contribution >= 4 is 23.1 Å². The molecular formula is C26H24N2O4. The van der Waals surface area contributed by atoms with E-state index in [2.05, 4.69) is 5.32 Å². The lowest BCUT2D eigenvalue weighted by Crippen LogP contribution is -2.32. The summed E-state index contributed by atoms with van der Waals surface area (Å²) >= 11 is 0. The molecule has 162 valence electrons. The summed E-state index contributed by atoms with van der Waals surface area (Å²) in [4.78, 5) is 28.1. The molecular weight excluding hydrogens is 404 g/mol. The van der Waals surface area contributed by atoms with Crippen LogP contribution < -0.4 is 14.8 Å². The standard InChI is InChI=1S/C26H24N2O4/c1-17-8-7-11-20(14-17)27-24-23(19-12-13-21(31-2)22(15-19)32-3)25(29)28(26(24)30)16-18-9-5-4-6-10-18/h4-15,27H,16H2,1-3H3. The van der Waals surface area contributed by atoms with Crippen molar-refractivity contribution in [2.24, 2.45) is 0 Å². The van der Waals surface area contributed by atoms with E-state index >= 15 is 0 Å². The highest BCUT2D eigenvalue weighted by molar-refractivity contribution is 6.36. The highest BCUT2D eigenvalue weighted by atomic mass is 16.5. The number of rotatable bonds is 7. The number of amides is 2. The largest absolute Gasteiger partial charge is 0.493 e. The minimum Gasteiger partial charge on any atom is -0.493 e. The summed E-state index contributed by atoms with van der Waals surface area (Å²) < 4.78 is 10.7. The van der Waals surface area contributed by atoms with Crippen LogP contribution in [0.4, 0.5) is 5.69 Å². The zero-order valence-electron chi connectivity index (χ0n) is 18.2. The van der Waals surface area contributed by atoms with Gasteiger partial charge in [0.15, 0.2) is 11.5 Å². The van der Waals surface area contributed by atoms with Crippen LogP contribution in [0.3, 0.4) is 0 Å². The monoisotopic (exact) mass is 428 g/mol. The molecule has 0 atom stereocenters. The number of hydrogen-bond acceptors (Lipinski definition) is 5. The second-order valence-electron chi connectivity index (χ2n) is 7.50. The minimum atomic E-state index is -0.370. The molecule has 2 amide bonds. The van der Waals surface area contributed by atoms with Crippen LogP contribution in [0.25, 0.3) is 5.57 Å². The second kappa shape index (κ2) is 8.98. The molecule has 0 fully saturated rings. The maximum atomic E-state index is 13.5. The van der Waals surface area contributed by atoms with E-state index in [1.54, 1.807) is 25.3 Å². The summed E-state index contributed by atoms with van der Waals surface area (Å²) in [7, 11) is 3.08. The van der Waals surface area contributed by atoms with Gasteiger partial charge in [0.05, 0.1) is 26.3 Å². The predicted octanol–water partition coefficient (Wildman–Crippen LogP) is 4.40. The van der Waals surface area contributed by atoms with Crippen molar-refractivity contribution < 1.29 is 19.1 Å². The number of carbonyl (C=O) groups excluding carboxylic acids is 2. The van der Waals surface area contributed by atoms with Crippen LogP contribution in [0.15, 0.2) is 78.5 Å². The van der Waals surface area contributed by atoms with Gasteiger partial charge in [0, 0.05) is 5.69 Å². The first kappa shape index (κ1) is 21.2. The zero-order valence-corrected chi connectivity index (χ0v) is 18.2. The summed E-state index contributed by atoms with van der Waals surface area (Å²) in [6, 6.07) is 22.3. The van der Waals surface area contributed by atoms with E-state index < -0.39 is 0 Å². The molecule has 6 heteroatoms. The number of ether oxygens (including phenoxy) is 2. The molecule has 1 heterocycles. The molecule has 0 saturated carbocycles. The Kier molecular flexibility index (Phi) is 5.94. The molecule has 0 unspecified atom stereocenters. The van der Waals surface area contributed by atoms with E-state index in [4.69, 9.17) is 9.47 Å². The number of nitrogens with one attached hydrogen (secondary N) is 1. The van der Waals surface area contributed by atoms with Crippen molar-refractivity contribution in [2.75, 3.05) is 19.5 Å². The molecule has 3 aromatic rings. The van der Waals surface area contributed by atoms with Gasteiger partial charge >= 0.3 is 0 Å². The van der Waals surface area contributed by atoms with Crippen molar-refractivity contribution in [3.63, 3.8) is 0 Å². The van der Waals surface area contributed by atoms with Gasteiger partial charge in [-0.25, -0.2) is 0 Å². The SMILES string of the molecule is COc1ccc(C2=C(Nc3cccc(C)c3)C(=O)N(Cc3ccccc3)C2=O)cc1OC. The summed E-state index contributed by atoms with van der Waals surface area (Å²) in [5.41, 5.74) is 3.77. The van der Waals surface area contributed by atoms with Gasteiger partial charge in [0.25, 0.3) is 11.8 Å². The van der Waals surface area contributed by atoms with Gasteiger partial charge in [-0.3, -0.25) is 14.5 Å². The molecule has 4 rings (SSSR count). The maximum Gasteiger partial charge on any atom is 0.278 e. The van der Waals surface area contributed by atoms with Crippen LogP contribution in [0.5, 0.6) is 11.5 Å². The summed E-state index contributed by atoms with van der Waals surface area (Å²) in [5.74, 6) is 0.295. The van der Waals surface area contributed by atoms with Crippen LogP contribution in [-0.4, -0.2) is 30.9 Å². The smallest absolute Gasteiger partial charge is 0.278 e. The first-order chi connectivity index (χ1) is 15.5. The van der Waals surface area contributed by atoms with Crippen LogP contribution in [-0.2, 0) is 16.1 Å². The van der Waals surface area contributed by atoms with Crippen molar-refractivity contribution in [1.29, 1.82) is 0 Å². The normalized spacial score (nSPS) is 13.5. The average molecular weight is 428 g/mol. The molecule has 3 aromatic carbocycles. The lowest BCUT2D eigenvalue weighted by atomic mass is 10.0. The number of anilines is 1. The average Bonchev–Trinajstić information content (AvgIpc) is 3.03. The fourth-order valence-electron chi connectivity index (χ4n) is 3.73. The van der Waals surface area contributed by atoms with E-state index in [0.29, 0.717) is 22.6 Å². The molecule has 1 aliphatic rings. The van der Waals surface area contributed by atoms with Gasteiger partial charge in [-0.05, 0) is 47.9 Å². The first-order valence-electron chi connectivity index (χ1n) is 10.2. The Labute approximate surface area is 187 Å². The molecule has 32 heavy (non-hydrogen) atoms. The number of nitrogens with zero attached hydrogens (tertiary/aromatic N) is 1. The van der Waals surface area contributed by atoms with Gasteiger partial charge in [0.2, 0.25) is 0 Å². The molecule has 0 aliphatic carbocycles. The third kappa shape index (κ3) is 4.07. The quantitative estimate of drug-likeness (QED) is 0.565. The highest BCUT2D eigenvalue weighted by Crippen LogP contribution is 2.36. The Morgan fingerprint density at radius 3 is 2.25 bits per heavy atom. The van der Waals surface area contributed by atoms with Gasteiger partial charge in [-0.1, -0.05) is 48.5 Å². The highest BCUT2D eigenvalue weighted by Gasteiger charge is 2.39. The van der Waals surface area contributed by atoms with E-state index in [1.807, 2.05) is 61.5 Å². The number of methoxy groups -OCH3 is 2. The topological polar surface area (TPSA) is 67.9 Å².